The van der Waals surface area contributed by atoms with E-state index in [1.165, 1.54) is 6.08 Å². The summed E-state index contributed by atoms with van der Waals surface area (Å²) in [6.45, 7) is 1.00. The van der Waals surface area contributed by atoms with Crippen LogP contribution in [0.5, 0.6) is 0 Å². The molecule has 0 spiro atoms. The zero-order valence-corrected chi connectivity index (χ0v) is 11.5. The average molecular weight is 277 g/mol. The molecule has 0 saturated heterocycles. The molecule has 0 aliphatic heterocycles. The maximum Gasteiger partial charge on any atom is 0.328 e. The molecule has 2 N–H and O–H groups in total. The van der Waals surface area contributed by atoms with E-state index in [4.69, 9.17) is 9.84 Å². The first-order valence-corrected chi connectivity index (χ1v) is 6.37. The summed E-state index contributed by atoms with van der Waals surface area (Å²) in [5.74, 6) is -1.00. The smallest absolute Gasteiger partial charge is 0.328 e. The van der Waals surface area contributed by atoms with Crippen molar-refractivity contribution in [2.75, 3.05) is 13.7 Å². The fourth-order valence-corrected chi connectivity index (χ4v) is 1.64. The molecular weight excluding hydrogens is 258 g/mol. The largest absolute Gasteiger partial charge is 0.478 e. The molecule has 1 aromatic carbocycles. The lowest BCUT2D eigenvalue weighted by Crippen LogP contribution is -2.22. The van der Waals surface area contributed by atoms with E-state index in [2.05, 4.69) is 5.32 Å². The summed E-state index contributed by atoms with van der Waals surface area (Å²) in [6.07, 6.45) is 3.74. The first-order valence-electron chi connectivity index (χ1n) is 6.37. The molecule has 108 valence electrons. The number of carbonyl (C=O) groups excluding carboxylic acids is 1. The molecule has 1 aromatic rings. The SMILES string of the molecule is COCCCC(=O)NCc1cccc(/C=C/C(=O)O)c1. The number of carbonyl (C=O) groups is 2. The van der Waals surface area contributed by atoms with Gasteiger partial charge in [0.2, 0.25) is 5.91 Å². The van der Waals surface area contributed by atoms with E-state index in [0.29, 0.717) is 26.0 Å². The van der Waals surface area contributed by atoms with Crippen LogP contribution in [-0.2, 0) is 20.9 Å². The maximum atomic E-state index is 11.5. The second-order valence-electron chi connectivity index (χ2n) is 4.29. The van der Waals surface area contributed by atoms with Crippen molar-refractivity contribution in [2.24, 2.45) is 0 Å². The minimum absolute atomic E-state index is 0.0199. The van der Waals surface area contributed by atoms with Crippen LogP contribution < -0.4 is 5.32 Å². The van der Waals surface area contributed by atoms with Crippen molar-refractivity contribution in [3.63, 3.8) is 0 Å². The molecule has 0 unspecified atom stereocenters. The average Bonchev–Trinajstić information content (AvgIpc) is 2.44. The Bertz CT molecular complexity index is 483. The highest BCUT2D eigenvalue weighted by molar-refractivity contribution is 5.85. The summed E-state index contributed by atoms with van der Waals surface area (Å²) in [5.41, 5.74) is 1.72. The number of ether oxygens (including phenoxy) is 1. The highest BCUT2D eigenvalue weighted by atomic mass is 16.5. The molecule has 1 rings (SSSR count). The number of nitrogens with one attached hydrogen (secondary N) is 1. The highest BCUT2D eigenvalue weighted by Crippen LogP contribution is 2.07. The summed E-state index contributed by atoms with van der Waals surface area (Å²) in [5, 5.41) is 11.4. The molecule has 0 aromatic heterocycles. The highest BCUT2D eigenvalue weighted by Gasteiger charge is 2.01. The van der Waals surface area contributed by atoms with Crippen LogP contribution in [0.4, 0.5) is 0 Å². The van der Waals surface area contributed by atoms with Gasteiger partial charge in [-0.05, 0) is 29.7 Å². The number of amides is 1. The van der Waals surface area contributed by atoms with Crippen molar-refractivity contribution in [1.82, 2.24) is 5.32 Å². The lowest BCUT2D eigenvalue weighted by Gasteiger charge is -2.06. The first-order chi connectivity index (χ1) is 9.61. The van der Waals surface area contributed by atoms with Crippen molar-refractivity contribution in [3.8, 4) is 0 Å². The van der Waals surface area contributed by atoms with Gasteiger partial charge in [0, 0.05) is 32.8 Å². The monoisotopic (exact) mass is 277 g/mol. The fraction of sp³-hybridized carbons (Fsp3) is 0.333. The molecule has 0 radical (unpaired) electrons. The topological polar surface area (TPSA) is 75.6 Å². The summed E-state index contributed by atoms with van der Waals surface area (Å²) in [6, 6.07) is 7.36. The maximum absolute atomic E-state index is 11.5. The third-order valence-electron chi connectivity index (χ3n) is 2.61. The van der Waals surface area contributed by atoms with Gasteiger partial charge in [0.25, 0.3) is 0 Å². The summed E-state index contributed by atoms with van der Waals surface area (Å²) in [4.78, 5) is 22.0. The summed E-state index contributed by atoms with van der Waals surface area (Å²) >= 11 is 0. The Kier molecular flexibility index (Phi) is 7.06. The normalized spacial score (nSPS) is 10.7. The van der Waals surface area contributed by atoms with E-state index in [-0.39, 0.29) is 5.91 Å². The van der Waals surface area contributed by atoms with Crippen molar-refractivity contribution < 1.29 is 19.4 Å². The van der Waals surface area contributed by atoms with Gasteiger partial charge in [-0.15, -0.1) is 0 Å². The molecule has 0 atom stereocenters. The minimum Gasteiger partial charge on any atom is -0.478 e. The molecule has 0 fully saturated rings. The van der Waals surface area contributed by atoms with E-state index < -0.39 is 5.97 Å². The van der Waals surface area contributed by atoms with Gasteiger partial charge in [0.1, 0.15) is 0 Å². The Morgan fingerprint density at radius 2 is 2.20 bits per heavy atom. The van der Waals surface area contributed by atoms with Gasteiger partial charge >= 0.3 is 5.97 Å². The third-order valence-corrected chi connectivity index (χ3v) is 2.61. The van der Waals surface area contributed by atoms with Crippen molar-refractivity contribution in [3.05, 3.63) is 41.5 Å². The Morgan fingerprint density at radius 3 is 2.90 bits per heavy atom. The van der Waals surface area contributed by atoms with E-state index in [1.54, 1.807) is 7.11 Å². The number of hydrogen-bond acceptors (Lipinski definition) is 3. The number of aliphatic carboxylic acids is 1. The lowest BCUT2D eigenvalue weighted by molar-refractivity contribution is -0.131. The predicted molar refractivity (Wildman–Crippen MR) is 76.1 cm³/mol. The molecule has 0 saturated carbocycles. The zero-order chi connectivity index (χ0) is 14.8. The zero-order valence-electron chi connectivity index (χ0n) is 11.5. The quantitative estimate of drug-likeness (QED) is 0.561. The van der Waals surface area contributed by atoms with E-state index >= 15 is 0 Å². The van der Waals surface area contributed by atoms with Crippen LogP contribution in [0.25, 0.3) is 6.08 Å². The number of benzene rings is 1. The van der Waals surface area contributed by atoms with Crippen LogP contribution in [0.2, 0.25) is 0 Å². The Morgan fingerprint density at radius 1 is 1.40 bits per heavy atom. The summed E-state index contributed by atoms with van der Waals surface area (Å²) < 4.78 is 4.88. The first kappa shape index (κ1) is 15.9. The lowest BCUT2D eigenvalue weighted by atomic mass is 10.1. The number of rotatable bonds is 8. The van der Waals surface area contributed by atoms with Gasteiger partial charge < -0.3 is 15.2 Å². The standard InChI is InChI=1S/C15H19NO4/c1-20-9-3-6-14(17)16-11-13-5-2-4-12(10-13)7-8-15(18)19/h2,4-5,7-8,10H,3,6,9,11H2,1H3,(H,16,17)(H,18,19)/b8-7+. The Labute approximate surface area is 118 Å². The molecular formula is C15H19NO4. The van der Waals surface area contributed by atoms with Gasteiger partial charge in [-0.1, -0.05) is 18.2 Å². The summed E-state index contributed by atoms with van der Waals surface area (Å²) in [7, 11) is 1.61. The number of carboxylic acid groups (broad SMARTS) is 1. The Balaban J connectivity index is 2.46. The van der Waals surface area contributed by atoms with Crippen LogP contribution in [0.15, 0.2) is 30.3 Å². The molecule has 5 nitrogen and oxygen atoms in total. The third kappa shape index (κ3) is 6.70. The number of methoxy groups -OCH3 is 1. The number of carboxylic acids is 1. The van der Waals surface area contributed by atoms with E-state index in [0.717, 1.165) is 17.2 Å². The van der Waals surface area contributed by atoms with Gasteiger partial charge in [0.15, 0.2) is 0 Å². The van der Waals surface area contributed by atoms with Gasteiger partial charge in [0.05, 0.1) is 0 Å². The molecule has 5 heteroatoms. The molecule has 20 heavy (non-hydrogen) atoms. The van der Waals surface area contributed by atoms with E-state index in [1.807, 2.05) is 24.3 Å². The molecule has 0 heterocycles. The van der Waals surface area contributed by atoms with Crippen LogP contribution in [-0.4, -0.2) is 30.7 Å². The van der Waals surface area contributed by atoms with Crippen LogP contribution >= 0.6 is 0 Å². The fourth-order valence-electron chi connectivity index (χ4n) is 1.64. The van der Waals surface area contributed by atoms with E-state index in [9.17, 15) is 9.59 Å². The van der Waals surface area contributed by atoms with Crippen molar-refractivity contribution >= 4 is 18.0 Å². The number of hydrogen-bond donors (Lipinski definition) is 2. The molecule has 0 aliphatic rings. The minimum atomic E-state index is -0.984. The molecule has 1 amide bonds. The predicted octanol–water partition coefficient (Wildman–Crippen LogP) is 1.83. The second kappa shape index (κ2) is 8.87. The van der Waals surface area contributed by atoms with Crippen LogP contribution in [0, 0.1) is 0 Å². The van der Waals surface area contributed by atoms with Crippen molar-refractivity contribution in [2.45, 2.75) is 19.4 Å². The van der Waals surface area contributed by atoms with Crippen LogP contribution in [0.1, 0.15) is 24.0 Å². The van der Waals surface area contributed by atoms with Crippen molar-refractivity contribution in [1.29, 1.82) is 0 Å². The Hall–Kier alpha value is -2.14. The molecule has 0 bridgehead atoms. The van der Waals surface area contributed by atoms with Gasteiger partial charge in [-0.25, -0.2) is 4.79 Å². The molecule has 0 aliphatic carbocycles. The van der Waals surface area contributed by atoms with Gasteiger partial charge in [-0.3, -0.25) is 4.79 Å². The second-order valence-corrected chi connectivity index (χ2v) is 4.29. The van der Waals surface area contributed by atoms with Gasteiger partial charge in [-0.2, -0.15) is 0 Å². The van der Waals surface area contributed by atoms with Crippen LogP contribution in [0.3, 0.4) is 0 Å².